The molecule has 0 bridgehead atoms. The van der Waals surface area contributed by atoms with Crippen molar-refractivity contribution >= 4 is 41.5 Å². The molecule has 0 rings (SSSR count). The van der Waals surface area contributed by atoms with Gasteiger partial charge in [-0.1, -0.05) is 21.6 Å². The molecule has 0 aliphatic carbocycles. The van der Waals surface area contributed by atoms with Crippen LogP contribution in [0.25, 0.3) is 0 Å². The zero-order valence-corrected chi connectivity index (χ0v) is 19.4. The molecule has 0 fully saturated rings. The van der Waals surface area contributed by atoms with Gasteiger partial charge in [-0.2, -0.15) is 0 Å². The van der Waals surface area contributed by atoms with E-state index in [0.29, 0.717) is 58.3 Å². The van der Waals surface area contributed by atoms with Gasteiger partial charge in [-0.25, -0.2) is 4.57 Å². The molecule has 0 heterocycles. The lowest BCUT2D eigenvalue weighted by atomic mass is 10.3. The summed E-state index contributed by atoms with van der Waals surface area (Å²) in [4.78, 5) is 19.2. The second kappa shape index (κ2) is 21.1. The number of amidine groups is 1. The maximum atomic E-state index is 11.0. The number of carbonyl (C=O) groups is 1. The van der Waals surface area contributed by atoms with E-state index >= 15 is 0 Å². The predicted molar refractivity (Wildman–Crippen MR) is 116 cm³/mol. The summed E-state index contributed by atoms with van der Waals surface area (Å²) in [5.41, 5.74) is 0. The number of nitrogens with one attached hydrogen (secondary N) is 2. The zero-order chi connectivity index (χ0) is 21.6. The Morgan fingerprint density at radius 3 is 2.24 bits per heavy atom. The van der Waals surface area contributed by atoms with Crippen molar-refractivity contribution in [1.82, 2.24) is 5.32 Å². The van der Waals surface area contributed by atoms with Crippen LogP contribution in [0.3, 0.4) is 0 Å². The van der Waals surface area contributed by atoms with E-state index in [1.54, 1.807) is 21.6 Å². The van der Waals surface area contributed by atoms with E-state index in [9.17, 15) is 9.36 Å². The van der Waals surface area contributed by atoms with Crippen molar-refractivity contribution < 1.29 is 37.5 Å². The Hall–Kier alpha value is -0.170. The molecule has 3 N–H and O–H groups in total. The monoisotopic (exact) mass is 476 g/mol. The normalized spacial score (nSPS) is 13.2. The smallest absolute Gasteiger partial charge is 0.377 e. The maximum Gasteiger partial charge on any atom is 0.471 e. The lowest BCUT2D eigenvalue weighted by Crippen LogP contribution is -2.27. The molecule has 0 aromatic carbocycles. The van der Waals surface area contributed by atoms with Gasteiger partial charge in [-0.3, -0.25) is 14.5 Å². The summed E-state index contributed by atoms with van der Waals surface area (Å²) in [5, 5.41) is 10.8. The van der Waals surface area contributed by atoms with Crippen LogP contribution in [-0.2, 0) is 32.6 Å². The third-order valence-electron chi connectivity index (χ3n) is 3.10. The number of ether oxygens (including phenoxy) is 3. The van der Waals surface area contributed by atoms with Crippen molar-refractivity contribution in [3.63, 3.8) is 0 Å². The SMILES string of the molecule is COP(=O)(O)OCCOCCOCCOCCNC(=N)CCCSSCCC=O. The first-order valence-corrected chi connectivity index (χ1v) is 13.3. The van der Waals surface area contributed by atoms with Gasteiger partial charge in [0.1, 0.15) is 6.29 Å². The summed E-state index contributed by atoms with van der Waals surface area (Å²) in [5.74, 6) is 2.32. The molecule has 0 amide bonds. The quantitative estimate of drug-likeness (QED) is 0.0529. The second-order valence-electron chi connectivity index (χ2n) is 5.43. The lowest BCUT2D eigenvalue weighted by Gasteiger charge is -2.10. The van der Waals surface area contributed by atoms with E-state index in [1.165, 1.54) is 0 Å². The molecule has 13 heteroatoms. The van der Waals surface area contributed by atoms with Crippen molar-refractivity contribution in [2.24, 2.45) is 0 Å². The Balaban J connectivity index is 3.22. The van der Waals surface area contributed by atoms with Gasteiger partial charge in [-0.05, 0) is 6.42 Å². The Morgan fingerprint density at radius 2 is 1.62 bits per heavy atom. The van der Waals surface area contributed by atoms with Crippen LogP contribution in [0.15, 0.2) is 0 Å². The molecule has 0 aliphatic heterocycles. The molecule has 0 radical (unpaired) electrons. The van der Waals surface area contributed by atoms with Crippen LogP contribution in [0.1, 0.15) is 19.3 Å². The lowest BCUT2D eigenvalue weighted by molar-refractivity contribution is -0.107. The molecule has 0 aromatic heterocycles. The van der Waals surface area contributed by atoms with Crippen LogP contribution in [0.4, 0.5) is 0 Å². The van der Waals surface area contributed by atoms with Crippen molar-refractivity contribution in [1.29, 1.82) is 5.41 Å². The first-order chi connectivity index (χ1) is 14.0. The highest BCUT2D eigenvalue weighted by molar-refractivity contribution is 8.76. The minimum absolute atomic E-state index is 0.0358. The summed E-state index contributed by atoms with van der Waals surface area (Å²) in [6.07, 6.45) is 3.16. The van der Waals surface area contributed by atoms with Crippen LogP contribution in [-0.4, -0.2) is 88.4 Å². The highest BCUT2D eigenvalue weighted by atomic mass is 33.1. The van der Waals surface area contributed by atoms with Crippen LogP contribution in [0.5, 0.6) is 0 Å². The molecule has 0 aliphatic rings. The molecular weight excluding hydrogens is 443 g/mol. The van der Waals surface area contributed by atoms with E-state index in [-0.39, 0.29) is 13.2 Å². The molecule has 0 saturated carbocycles. The molecule has 0 aromatic rings. The maximum absolute atomic E-state index is 11.0. The Morgan fingerprint density at radius 1 is 1.03 bits per heavy atom. The van der Waals surface area contributed by atoms with Crippen LogP contribution < -0.4 is 5.32 Å². The minimum atomic E-state index is -3.93. The van der Waals surface area contributed by atoms with Crippen LogP contribution in [0, 0.1) is 5.41 Å². The molecule has 29 heavy (non-hydrogen) atoms. The van der Waals surface area contributed by atoms with Crippen molar-refractivity contribution in [3.8, 4) is 0 Å². The predicted octanol–water partition coefficient (Wildman–Crippen LogP) is 2.12. The van der Waals surface area contributed by atoms with Gasteiger partial charge < -0.3 is 29.2 Å². The average Bonchev–Trinajstić information content (AvgIpc) is 2.70. The van der Waals surface area contributed by atoms with Crippen LogP contribution >= 0.6 is 29.4 Å². The summed E-state index contributed by atoms with van der Waals surface area (Å²) in [7, 11) is 0.597. The summed E-state index contributed by atoms with van der Waals surface area (Å²) >= 11 is 0. The number of rotatable bonds is 22. The second-order valence-corrected chi connectivity index (χ2v) is 9.69. The van der Waals surface area contributed by atoms with Gasteiger partial charge in [0.05, 0.1) is 52.1 Å². The summed E-state index contributed by atoms with van der Waals surface area (Å²) in [6, 6.07) is 0. The fourth-order valence-corrected chi connectivity index (χ4v) is 4.14. The van der Waals surface area contributed by atoms with E-state index in [2.05, 4.69) is 14.4 Å². The third-order valence-corrected chi connectivity index (χ3v) is 6.59. The first-order valence-electron chi connectivity index (χ1n) is 9.27. The number of phosphoric ester groups is 1. The van der Waals surface area contributed by atoms with Gasteiger partial charge in [0, 0.05) is 38.0 Å². The first kappa shape index (κ1) is 28.8. The number of hydrogen-bond donors (Lipinski definition) is 3. The fourth-order valence-electron chi connectivity index (χ4n) is 1.69. The van der Waals surface area contributed by atoms with Gasteiger partial charge in [0.15, 0.2) is 0 Å². The van der Waals surface area contributed by atoms with Gasteiger partial charge in [-0.15, -0.1) is 0 Å². The Bertz CT molecular complexity index is 463. The molecule has 0 spiro atoms. The molecule has 10 nitrogen and oxygen atoms in total. The molecular formula is C16H33N2O8PS2. The van der Waals surface area contributed by atoms with Gasteiger partial charge in [0.25, 0.3) is 0 Å². The number of phosphoric acid groups is 1. The highest BCUT2D eigenvalue weighted by Crippen LogP contribution is 2.41. The van der Waals surface area contributed by atoms with Crippen LogP contribution in [0.2, 0.25) is 0 Å². The highest BCUT2D eigenvalue weighted by Gasteiger charge is 2.17. The molecule has 172 valence electrons. The van der Waals surface area contributed by atoms with Crippen molar-refractivity contribution in [2.75, 3.05) is 71.4 Å². The topological polar surface area (TPSA) is 136 Å². The van der Waals surface area contributed by atoms with Crippen molar-refractivity contribution in [3.05, 3.63) is 0 Å². The summed E-state index contributed by atoms with van der Waals surface area (Å²) in [6.45, 7) is 2.84. The van der Waals surface area contributed by atoms with Gasteiger partial charge >= 0.3 is 7.82 Å². The standard InChI is InChI=1S/C16H33N2O8PS2/c1-22-27(20,21)26-13-12-25-11-10-24-9-8-23-7-5-18-16(17)4-2-14-28-29-15-3-6-19/h6H,2-5,7-15H2,1H3,(H2,17,18)(H,20,21). The fraction of sp³-hybridized carbons (Fsp3) is 0.875. The van der Waals surface area contributed by atoms with Gasteiger partial charge in [0.2, 0.25) is 0 Å². The van der Waals surface area contributed by atoms with E-state index in [0.717, 1.165) is 31.3 Å². The Labute approximate surface area is 180 Å². The van der Waals surface area contributed by atoms with E-state index in [4.69, 9.17) is 24.5 Å². The molecule has 0 saturated heterocycles. The third kappa shape index (κ3) is 22.3. The molecule has 1 atom stereocenters. The average molecular weight is 477 g/mol. The van der Waals surface area contributed by atoms with Crippen molar-refractivity contribution in [2.45, 2.75) is 19.3 Å². The van der Waals surface area contributed by atoms with E-state index in [1.807, 2.05) is 0 Å². The number of carbonyl (C=O) groups excluding carboxylic acids is 1. The number of aldehydes is 1. The number of hydrogen-bond acceptors (Lipinski definition) is 10. The molecule has 1 unspecified atom stereocenters. The minimum Gasteiger partial charge on any atom is -0.377 e. The largest absolute Gasteiger partial charge is 0.471 e. The summed E-state index contributed by atoms with van der Waals surface area (Å²) < 4.78 is 35.8. The Kier molecular flexibility index (Phi) is 21.0. The zero-order valence-electron chi connectivity index (χ0n) is 16.8. The van der Waals surface area contributed by atoms with E-state index < -0.39 is 7.82 Å².